The van der Waals surface area contributed by atoms with Gasteiger partial charge in [0.05, 0.1) is 33.1 Å². The molecule has 10 aromatic rings. The quantitative estimate of drug-likeness (QED) is 0.198. The van der Waals surface area contributed by atoms with Crippen molar-refractivity contribution >= 4 is 54.6 Å². The zero-order valence-corrected chi connectivity index (χ0v) is 26.0. The highest BCUT2D eigenvalue weighted by molar-refractivity contribution is 6.13. The van der Waals surface area contributed by atoms with E-state index in [4.69, 9.17) is 9.97 Å². The van der Waals surface area contributed by atoms with Gasteiger partial charge in [-0.25, -0.2) is 9.97 Å². The Morgan fingerprint density at radius 1 is 0.333 bits per heavy atom. The van der Waals surface area contributed by atoms with E-state index in [0.29, 0.717) is 0 Å². The third-order valence-corrected chi connectivity index (χ3v) is 9.50. The second kappa shape index (κ2) is 10.5. The van der Waals surface area contributed by atoms with Crippen LogP contribution < -0.4 is 0 Å². The van der Waals surface area contributed by atoms with Crippen LogP contribution in [0.4, 0.5) is 0 Å². The van der Waals surface area contributed by atoms with Gasteiger partial charge >= 0.3 is 0 Å². The molecular formula is C44H28N4. The Morgan fingerprint density at radius 3 is 1.46 bits per heavy atom. The molecule has 10 rings (SSSR count). The SMILES string of the molecule is c1ccc(-c2nc3ccccc3nc2-n2c3ccccc3c3cc(-c4ccc5c(c4)c4ccccc4n5-c4ccccc4)ccc32)cc1. The van der Waals surface area contributed by atoms with Crippen molar-refractivity contribution in [2.45, 2.75) is 0 Å². The molecule has 0 amide bonds. The summed E-state index contributed by atoms with van der Waals surface area (Å²) in [6.45, 7) is 0. The van der Waals surface area contributed by atoms with Crippen LogP contribution in [0.2, 0.25) is 0 Å². The summed E-state index contributed by atoms with van der Waals surface area (Å²) in [4.78, 5) is 10.4. The van der Waals surface area contributed by atoms with Crippen LogP contribution >= 0.6 is 0 Å². The molecule has 48 heavy (non-hydrogen) atoms. The topological polar surface area (TPSA) is 35.6 Å². The van der Waals surface area contributed by atoms with Gasteiger partial charge in [0.15, 0.2) is 5.82 Å². The van der Waals surface area contributed by atoms with Crippen molar-refractivity contribution in [3.8, 4) is 33.9 Å². The van der Waals surface area contributed by atoms with E-state index in [9.17, 15) is 0 Å². The predicted molar refractivity (Wildman–Crippen MR) is 199 cm³/mol. The maximum Gasteiger partial charge on any atom is 0.165 e. The molecule has 0 aliphatic rings. The number of rotatable bonds is 4. The lowest BCUT2D eigenvalue weighted by Crippen LogP contribution is -2.03. The molecule has 0 bridgehead atoms. The third-order valence-electron chi connectivity index (χ3n) is 9.50. The summed E-state index contributed by atoms with van der Waals surface area (Å²) in [5.74, 6) is 0.828. The van der Waals surface area contributed by atoms with Crippen molar-refractivity contribution in [2.75, 3.05) is 0 Å². The van der Waals surface area contributed by atoms with E-state index in [2.05, 4.69) is 149 Å². The van der Waals surface area contributed by atoms with Gasteiger partial charge < -0.3 is 4.57 Å². The minimum Gasteiger partial charge on any atom is -0.309 e. The molecule has 0 atom stereocenters. The van der Waals surface area contributed by atoms with Crippen LogP contribution in [0.1, 0.15) is 0 Å². The smallest absolute Gasteiger partial charge is 0.165 e. The number of fused-ring (bicyclic) bond motifs is 7. The van der Waals surface area contributed by atoms with Gasteiger partial charge in [0, 0.05) is 32.8 Å². The molecule has 0 aliphatic carbocycles. The zero-order chi connectivity index (χ0) is 31.6. The molecule has 0 aliphatic heterocycles. The summed E-state index contributed by atoms with van der Waals surface area (Å²) < 4.78 is 4.65. The van der Waals surface area contributed by atoms with Crippen LogP contribution in [0, 0.1) is 0 Å². The van der Waals surface area contributed by atoms with Gasteiger partial charge in [-0.2, -0.15) is 0 Å². The summed E-state index contributed by atoms with van der Waals surface area (Å²) >= 11 is 0. The number of aromatic nitrogens is 4. The fourth-order valence-corrected chi connectivity index (χ4v) is 7.32. The van der Waals surface area contributed by atoms with E-state index >= 15 is 0 Å². The van der Waals surface area contributed by atoms with E-state index in [0.717, 1.165) is 44.8 Å². The molecular weight excluding hydrogens is 585 g/mol. The highest BCUT2D eigenvalue weighted by Gasteiger charge is 2.20. The van der Waals surface area contributed by atoms with Gasteiger partial charge in [-0.05, 0) is 71.8 Å². The summed E-state index contributed by atoms with van der Waals surface area (Å²) in [5.41, 5.74) is 11.8. The van der Waals surface area contributed by atoms with Crippen LogP contribution in [0.5, 0.6) is 0 Å². The first-order valence-corrected chi connectivity index (χ1v) is 16.3. The summed E-state index contributed by atoms with van der Waals surface area (Å²) in [5, 5.41) is 4.86. The first-order valence-electron chi connectivity index (χ1n) is 16.3. The number of nitrogens with zero attached hydrogens (tertiary/aromatic N) is 4. The molecule has 224 valence electrons. The zero-order valence-electron chi connectivity index (χ0n) is 26.0. The summed E-state index contributed by atoms with van der Waals surface area (Å²) in [6, 6.07) is 60.1. The monoisotopic (exact) mass is 612 g/mol. The van der Waals surface area contributed by atoms with Gasteiger partial charge in [-0.3, -0.25) is 4.57 Å². The van der Waals surface area contributed by atoms with Crippen molar-refractivity contribution in [3.05, 3.63) is 170 Å². The molecule has 3 heterocycles. The summed E-state index contributed by atoms with van der Waals surface area (Å²) in [7, 11) is 0. The number of para-hydroxylation sites is 5. The summed E-state index contributed by atoms with van der Waals surface area (Å²) in [6.07, 6.45) is 0. The fraction of sp³-hybridized carbons (Fsp3) is 0. The molecule has 0 spiro atoms. The van der Waals surface area contributed by atoms with E-state index < -0.39 is 0 Å². The Balaban J connectivity index is 1.20. The molecule has 3 aromatic heterocycles. The fourth-order valence-electron chi connectivity index (χ4n) is 7.32. The maximum absolute atomic E-state index is 5.26. The minimum absolute atomic E-state index is 0.828. The lowest BCUT2D eigenvalue weighted by molar-refractivity contribution is 1.08. The van der Waals surface area contributed by atoms with E-state index in [1.165, 1.54) is 43.7 Å². The number of benzene rings is 7. The van der Waals surface area contributed by atoms with Crippen LogP contribution in [-0.4, -0.2) is 19.1 Å². The molecule has 0 unspecified atom stereocenters. The van der Waals surface area contributed by atoms with Crippen molar-refractivity contribution in [1.29, 1.82) is 0 Å². The van der Waals surface area contributed by atoms with E-state index in [1.54, 1.807) is 0 Å². The average Bonchev–Trinajstić information content (AvgIpc) is 3.67. The predicted octanol–water partition coefficient (Wildman–Crippen LogP) is 11.2. The first kappa shape index (κ1) is 26.7. The van der Waals surface area contributed by atoms with Crippen molar-refractivity contribution < 1.29 is 0 Å². The molecule has 4 heteroatoms. The van der Waals surface area contributed by atoms with E-state index in [-0.39, 0.29) is 0 Å². The molecule has 4 nitrogen and oxygen atoms in total. The van der Waals surface area contributed by atoms with Crippen molar-refractivity contribution in [1.82, 2.24) is 19.1 Å². The minimum atomic E-state index is 0.828. The lowest BCUT2D eigenvalue weighted by Gasteiger charge is -2.14. The van der Waals surface area contributed by atoms with Gasteiger partial charge in [-0.1, -0.05) is 109 Å². The van der Waals surface area contributed by atoms with Crippen LogP contribution in [0.25, 0.3) is 88.5 Å². The Labute approximate surface area is 276 Å². The second-order valence-electron chi connectivity index (χ2n) is 12.3. The molecule has 7 aromatic carbocycles. The Bertz CT molecular complexity index is 2830. The number of hydrogen-bond donors (Lipinski definition) is 0. The Morgan fingerprint density at radius 2 is 0.812 bits per heavy atom. The normalized spacial score (nSPS) is 11.8. The molecule has 0 N–H and O–H groups in total. The average molecular weight is 613 g/mol. The lowest BCUT2D eigenvalue weighted by atomic mass is 10.0. The van der Waals surface area contributed by atoms with Crippen LogP contribution in [-0.2, 0) is 0 Å². The standard InChI is InChI=1S/C44H28N4/c1-3-13-29(14-4-1)43-44(46-38-20-10-9-19-37(38)45-43)48-40-22-12-8-18-34(40)36-28-31(24-26-42(36)48)30-23-25-41-35(27-30)33-17-7-11-21-39(33)47(41)32-15-5-2-6-16-32/h1-28H. The largest absolute Gasteiger partial charge is 0.309 e. The second-order valence-corrected chi connectivity index (χ2v) is 12.3. The number of hydrogen-bond acceptors (Lipinski definition) is 2. The van der Waals surface area contributed by atoms with Gasteiger partial charge in [-0.15, -0.1) is 0 Å². The third kappa shape index (κ3) is 4.03. The highest BCUT2D eigenvalue weighted by Crippen LogP contribution is 2.39. The molecule has 0 saturated carbocycles. The Kier molecular flexibility index (Phi) is 5.84. The van der Waals surface area contributed by atoms with Gasteiger partial charge in [0.1, 0.15) is 5.69 Å². The van der Waals surface area contributed by atoms with Crippen LogP contribution in [0.15, 0.2) is 170 Å². The Hall–Kier alpha value is -6.52. The molecule has 0 fully saturated rings. The van der Waals surface area contributed by atoms with Crippen LogP contribution in [0.3, 0.4) is 0 Å². The van der Waals surface area contributed by atoms with Crippen molar-refractivity contribution in [3.63, 3.8) is 0 Å². The highest BCUT2D eigenvalue weighted by atomic mass is 15.1. The van der Waals surface area contributed by atoms with Crippen molar-refractivity contribution in [2.24, 2.45) is 0 Å². The van der Waals surface area contributed by atoms with Gasteiger partial charge in [0.2, 0.25) is 0 Å². The molecule has 0 saturated heterocycles. The molecule has 0 radical (unpaired) electrons. The maximum atomic E-state index is 5.26. The van der Waals surface area contributed by atoms with E-state index in [1.807, 2.05) is 30.3 Å². The first-order chi connectivity index (χ1) is 23.8. The van der Waals surface area contributed by atoms with Gasteiger partial charge in [0.25, 0.3) is 0 Å².